The Morgan fingerprint density at radius 2 is 2.33 bits per heavy atom. The van der Waals surface area contributed by atoms with Crippen LogP contribution in [0.5, 0.6) is 0 Å². The highest BCUT2D eigenvalue weighted by Gasteiger charge is 2.25. The van der Waals surface area contributed by atoms with Crippen LogP contribution in [0.2, 0.25) is 0 Å². The molecule has 0 aromatic carbocycles. The number of nitrogens with two attached hydrogens (primary N) is 1. The van der Waals surface area contributed by atoms with E-state index >= 15 is 0 Å². The zero-order chi connectivity index (χ0) is 6.85. The number of nitrogens with zero attached hydrogens (tertiary/aromatic N) is 1. The Labute approximate surface area is 54.9 Å². The van der Waals surface area contributed by atoms with Crippen molar-refractivity contribution in [2.24, 2.45) is 16.9 Å². The van der Waals surface area contributed by atoms with Crippen molar-refractivity contribution in [2.75, 3.05) is 6.61 Å². The lowest BCUT2D eigenvalue weighted by Crippen LogP contribution is -2.14. The van der Waals surface area contributed by atoms with E-state index in [1.807, 2.05) is 6.92 Å². The monoisotopic (exact) mass is 128 g/mol. The van der Waals surface area contributed by atoms with Gasteiger partial charge in [-0.05, 0) is 6.92 Å². The summed E-state index contributed by atoms with van der Waals surface area (Å²) in [7, 11) is 0. The second-order valence-corrected chi connectivity index (χ2v) is 2.43. The summed E-state index contributed by atoms with van der Waals surface area (Å²) in [4.78, 5) is 0. The molecule has 1 fully saturated rings. The molecular weight excluding hydrogens is 116 g/mol. The van der Waals surface area contributed by atoms with Gasteiger partial charge >= 0.3 is 0 Å². The number of hydrogen-bond donors (Lipinski definition) is 1. The van der Waals surface area contributed by atoms with E-state index in [0.29, 0.717) is 12.5 Å². The van der Waals surface area contributed by atoms with Crippen molar-refractivity contribution < 1.29 is 4.74 Å². The molecule has 2 unspecified atom stereocenters. The van der Waals surface area contributed by atoms with Gasteiger partial charge in [-0.3, -0.25) is 0 Å². The Hall–Kier alpha value is -0.570. The Balaban J connectivity index is 2.62. The molecule has 3 heteroatoms. The largest absolute Gasteiger partial charge is 0.372 e. The lowest BCUT2D eigenvalue weighted by Gasteiger charge is -2.04. The van der Waals surface area contributed by atoms with Gasteiger partial charge in [0.05, 0.1) is 18.4 Å². The fourth-order valence-electron chi connectivity index (χ4n) is 0.918. The van der Waals surface area contributed by atoms with E-state index in [1.165, 1.54) is 0 Å². The molecule has 2 atom stereocenters. The zero-order valence-electron chi connectivity index (χ0n) is 5.79. The Bertz CT molecular complexity index is 133. The van der Waals surface area contributed by atoms with Crippen molar-refractivity contribution in [3.8, 4) is 0 Å². The lowest BCUT2D eigenvalue weighted by molar-refractivity contribution is 0.110. The smallest absolute Gasteiger partial charge is 0.0873 e. The predicted octanol–water partition coefficient (Wildman–Crippen LogP) is 0.356. The lowest BCUT2D eigenvalue weighted by atomic mass is 10.0. The third kappa shape index (κ3) is 1.05. The van der Waals surface area contributed by atoms with E-state index in [-0.39, 0.29) is 6.10 Å². The maximum absolute atomic E-state index is 5.26. The van der Waals surface area contributed by atoms with Crippen LogP contribution in [-0.2, 0) is 4.74 Å². The molecule has 0 aliphatic carbocycles. The first kappa shape index (κ1) is 6.55. The highest BCUT2D eigenvalue weighted by atomic mass is 16.5. The standard InChI is InChI=1S/C6H12N2O/c1-4-5(2)9-3-6(4)8-7/h4-5H,3,7H2,1-2H3/b8-6+. The third-order valence-corrected chi connectivity index (χ3v) is 1.89. The van der Waals surface area contributed by atoms with Gasteiger partial charge in [0, 0.05) is 5.92 Å². The summed E-state index contributed by atoms with van der Waals surface area (Å²) in [6.07, 6.45) is 0.285. The normalized spacial score (nSPS) is 40.0. The van der Waals surface area contributed by atoms with Gasteiger partial charge in [0.25, 0.3) is 0 Å². The van der Waals surface area contributed by atoms with Crippen LogP contribution in [0.15, 0.2) is 5.10 Å². The third-order valence-electron chi connectivity index (χ3n) is 1.89. The molecule has 0 amide bonds. The second kappa shape index (κ2) is 2.35. The minimum atomic E-state index is 0.285. The number of hydrogen-bond acceptors (Lipinski definition) is 3. The molecule has 1 aliphatic heterocycles. The van der Waals surface area contributed by atoms with Gasteiger partial charge in [-0.25, -0.2) is 0 Å². The number of hydrazone groups is 1. The van der Waals surface area contributed by atoms with E-state index in [9.17, 15) is 0 Å². The average Bonchev–Trinajstić information content (AvgIpc) is 2.15. The molecule has 0 aromatic rings. The maximum Gasteiger partial charge on any atom is 0.0873 e. The summed E-state index contributed by atoms with van der Waals surface area (Å²) >= 11 is 0. The van der Waals surface area contributed by atoms with Crippen LogP contribution in [-0.4, -0.2) is 18.4 Å². The molecular formula is C6H12N2O. The van der Waals surface area contributed by atoms with Crippen LogP contribution in [0.1, 0.15) is 13.8 Å². The van der Waals surface area contributed by atoms with Crippen LogP contribution in [0.25, 0.3) is 0 Å². The fraction of sp³-hybridized carbons (Fsp3) is 0.833. The summed E-state index contributed by atoms with van der Waals surface area (Å²) in [5, 5.41) is 3.61. The molecule has 0 bridgehead atoms. The SMILES string of the molecule is CC1OC/C(=N\N)C1C. The summed E-state index contributed by atoms with van der Waals surface area (Å²) < 4.78 is 5.26. The van der Waals surface area contributed by atoms with Gasteiger partial charge in [0.2, 0.25) is 0 Å². The van der Waals surface area contributed by atoms with Crippen LogP contribution in [0.4, 0.5) is 0 Å². The molecule has 0 spiro atoms. The quantitative estimate of drug-likeness (QED) is 0.378. The van der Waals surface area contributed by atoms with Gasteiger partial charge in [0.15, 0.2) is 0 Å². The fourth-order valence-corrected chi connectivity index (χ4v) is 0.918. The van der Waals surface area contributed by atoms with Crippen molar-refractivity contribution in [2.45, 2.75) is 20.0 Å². The molecule has 52 valence electrons. The molecule has 1 saturated heterocycles. The Morgan fingerprint density at radius 1 is 1.67 bits per heavy atom. The van der Waals surface area contributed by atoms with E-state index in [1.54, 1.807) is 0 Å². The van der Waals surface area contributed by atoms with Crippen LogP contribution < -0.4 is 5.84 Å². The summed E-state index contributed by atoms with van der Waals surface area (Å²) in [6, 6.07) is 0. The second-order valence-electron chi connectivity index (χ2n) is 2.43. The molecule has 0 saturated carbocycles. The zero-order valence-corrected chi connectivity index (χ0v) is 5.79. The highest BCUT2D eigenvalue weighted by molar-refractivity contribution is 5.89. The Morgan fingerprint density at radius 3 is 2.56 bits per heavy atom. The molecule has 1 aliphatic rings. The topological polar surface area (TPSA) is 47.6 Å². The van der Waals surface area contributed by atoms with Crippen molar-refractivity contribution in [3.05, 3.63) is 0 Å². The minimum Gasteiger partial charge on any atom is -0.372 e. The van der Waals surface area contributed by atoms with Crippen molar-refractivity contribution in [3.63, 3.8) is 0 Å². The molecule has 9 heavy (non-hydrogen) atoms. The first-order valence-electron chi connectivity index (χ1n) is 3.14. The van der Waals surface area contributed by atoms with E-state index < -0.39 is 0 Å². The highest BCUT2D eigenvalue weighted by Crippen LogP contribution is 2.16. The van der Waals surface area contributed by atoms with Gasteiger partial charge in [-0.1, -0.05) is 6.92 Å². The molecule has 1 heterocycles. The van der Waals surface area contributed by atoms with Crippen molar-refractivity contribution in [1.82, 2.24) is 0 Å². The van der Waals surface area contributed by atoms with Crippen LogP contribution in [0, 0.1) is 5.92 Å². The summed E-state index contributed by atoms with van der Waals surface area (Å²) in [5.74, 6) is 5.49. The predicted molar refractivity (Wildman–Crippen MR) is 36.2 cm³/mol. The van der Waals surface area contributed by atoms with Crippen LogP contribution in [0.3, 0.4) is 0 Å². The number of ether oxygens (including phenoxy) is 1. The Kier molecular flexibility index (Phi) is 1.71. The van der Waals surface area contributed by atoms with E-state index in [2.05, 4.69) is 12.0 Å². The van der Waals surface area contributed by atoms with Gasteiger partial charge < -0.3 is 10.6 Å². The molecule has 1 rings (SSSR count). The first-order valence-corrected chi connectivity index (χ1v) is 3.14. The van der Waals surface area contributed by atoms with Crippen LogP contribution >= 0.6 is 0 Å². The first-order chi connectivity index (χ1) is 4.25. The van der Waals surface area contributed by atoms with Gasteiger partial charge in [-0.2, -0.15) is 5.10 Å². The summed E-state index contributed by atoms with van der Waals surface area (Å²) in [5.41, 5.74) is 0.975. The molecule has 0 radical (unpaired) electrons. The summed E-state index contributed by atoms with van der Waals surface area (Å²) in [6.45, 7) is 4.71. The van der Waals surface area contributed by atoms with E-state index in [4.69, 9.17) is 10.6 Å². The molecule has 0 aromatic heterocycles. The molecule has 3 nitrogen and oxygen atoms in total. The average molecular weight is 128 g/mol. The van der Waals surface area contributed by atoms with Gasteiger partial charge in [-0.15, -0.1) is 0 Å². The molecule has 2 N–H and O–H groups in total. The maximum atomic E-state index is 5.26. The van der Waals surface area contributed by atoms with Crippen molar-refractivity contribution in [1.29, 1.82) is 0 Å². The number of rotatable bonds is 0. The van der Waals surface area contributed by atoms with E-state index in [0.717, 1.165) is 5.71 Å². The minimum absolute atomic E-state index is 0.285. The van der Waals surface area contributed by atoms with Crippen molar-refractivity contribution >= 4 is 5.71 Å². The van der Waals surface area contributed by atoms with Gasteiger partial charge in [0.1, 0.15) is 0 Å².